The lowest BCUT2D eigenvalue weighted by molar-refractivity contribution is 0.482. The summed E-state index contributed by atoms with van der Waals surface area (Å²) in [6, 6.07) is 0. The van der Waals surface area contributed by atoms with Crippen molar-refractivity contribution in [2.24, 2.45) is 0 Å². The molecule has 0 aromatic heterocycles. The van der Waals surface area contributed by atoms with Gasteiger partial charge in [-0.05, 0) is 32.8 Å². The third kappa shape index (κ3) is 3.39. The van der Waals surface area contributed by atoms with Gasteiger partial charge in [0.05, 0.1) is 0 Å². The number of hydrogen-bond donors (Lipinski definition) is 1. The van der Waals surface area contributed by atoms with E-state index in [2.05, 4.69) is 23.5 Å². The van der Waals surface area contributed by atoms with Gasteiger partial charge in [-0.1, -0.05) is 12.2 Å². The zero-order valence-corrected chi connectivity index (χ0v) is 8.31. The van der Waals surface area contributed by atoms with E-state index in [1.54, 1.807) is 0 Å². The standard InChI is InChI=1S/C6H14N2S2/c1-4-8(5-2)6(9)10-7-3/h7H,4-5H2,1-3H3. The maximum Gasteiger partial charge on any atom is 0.151 e. The second kappa shape index (κ2) is 5.95. The number of rotatable bonds is 3. The zero-order valence-electron chi connectivity index (χ0n) is 6.68. The molecule has 0 amide bonds. The van der Waals surface area contributed by atoms with Crippen LogP contribution < -0.4 is 4.72 Å². The first-order chi connectivity index (χ1) is 4.76. The molecule has 0 bridgehead atoms. The van der Waals surface area contributed by atoms with Gasteiger partial charge in [0.1, 0.15) is 0 Å². The van der Waals surface area contributed by atoms with Gasteiger partial charge in [-0.15, -0.1) is 0 Å². The van der Waals surface area contributed by atoms with Gasteiger partial charge in [0.25, 0.3) is 0 Å². The van der Waals surface area contributed by atoms with Gasteiger partial charge in [-0.3, -0.25) is 4.72 Å². The van der Waals surface area contributed by atoms with Crippen molar-refractivity contribution >= 4 is 28.5 Å². The van der Waals surface area contributed by atoms with Crippen molar-refractivity contribution in [1.29, 1.82) is 0 Å². The van der Waals surface area contributed by atoms with Crippen LogP contribution in [0.3, 0.4) is 0 Å². The Morgan fingerprint density at radius 1 is 1.50 bits per heavy atom. The second-order valence-electron chi connectivity index (χ2n) is 1.74. The highest BCUT2D eigenvalue weighted by Crippen LogP contribution is 2.03. The minimum absolute atomic E-state index is 0.924. The van der Waals surface area contributed by atoms with Crippen molar-refractivity contribution in [3.63, 3.8) is 0 Å². The Kier molecular flexibility index (Phi) is 6.06. The molecule has 0 atom stereocenters. The van der Waals surface area contributed by atoms with E-state index in [9.17, 15) is 0 Å². The van der Waals surface area contributed by atoms with Crippen LogP contribution in [-0.2, 0) is 0 Å². The molecule has 0 unspecified atom stereocenters. The maximum absolute atomic E-state index is 5.10. The van der Waals surface area contributed by atoms with Crippen molar-refractivity contribution in [3.8, 4) is 0 Å². The molecule has 2 nitrogen and oxygen atoms in total. The van der Waals surface area contributed by atoms with E-state index in [0.717, 1.165) is 17.4 Å². The summed E-state index contributed by atoms with van der Waals surface area (Å²) in [6.45, 7) is 6.19. The highest BCUT2D eigenvalue weighted by Gasteiger charge is 2.02. The molecule has 0 aliphatic heterocycles. The Balaban J connectivity index is 3.65. The molecule has 0 aromatic rings. The molecule has 0 spiro atoms. The highest BCUT2D eigenvalue weighted by atomic mass is 32.2. The normalized spacial score (nSPS) is 9.50. The molecule has 0 rings (SSSR count). The molecule has 0 fully saturated rings. The lowest BCUT2D eigenvalue weighted by atomic mass is 10.6. The molecular weight excluding hydrogens is 164 g/mol. The largest absolute Gasteiger partial charge is 0.357 e. The van der Waals surface area contributed by atoms with Gasteiger partial charge in [0.2, 0.25) is 0 Å². The molecule has 0 radical (unpaired) electrons. The average Bonchev–Trinajstić information content (AvgIpc) is 1.91. The van der Waals surface area contributed by atoms with Crippen LogP contribution in [-0.4, -0.2) is 29.4 Å². The van der Waals surface area contributed by atoms with Gasteiger partial charge < -0.3 is 4.90 Å². The third-order valence-corrected chi connectivity index (χ3v) is 2.36. The van der Waals surface area contributed by atoms with Crippen molar-refractivity contribution in [2.75, 3.05) is 20.1 Å². The first kappa shape index (κ1) is 10.2. The van der Waals surface area contributed by atoms with E-state index in [1.807, 2.05) is 7.05 Å². The molecule has 4 heteroatoms. The Morgan fingerprint density at radius 2 is 2.00 bits per heavy atom. The molecule has 60 valence electrons. The first-order valence-electron chi connectivity index (χ1n) is 3.38. The topological polar surface area (TPSA) is 15.3 Å². The minimum Gasteiger partial charge on any atom is -0.357 e. The van der Waals surface area contributed by atoms with E-state index in [4.69, 9.17) is 12.2 Å². The SMILES string of the molecule is CCN(CC)C(=S)SNC. The van der Waals surface area contributed by atoms with Gasteiger partial charge in [-0.2, -0.15) is 0 Å². The molecule has 1 N–H and O–H groups in total. The average molecular weight is 178 g/mol. The minimum atomic E-state index is 0.924. The summed E-state index contributed by atoms with van der Waals surface area (Å²) in [5.74, 6) is 0. The summed E-state index contributed by atoms with van der Waals surface area (Å²) in [4.78, 5) is 2.14. The molecule has 0 saturated heterocycles. The monoisotopic (exact) mass is 178 g/mol. The maximum atomic E-state index is 5.10. The Hall–Kier alpha value is 0.200. The predicted molar refractivity (Wildman–Crippen MR) is 52.2 cm³/mol. The van der Waals surface area contributed by atoms with E-state index in [0.29, 0.717) is 0 Å². The van der Waals surface area contributed by atoms with Crippen LogP contribution in [0.15, 0.2) is 0 Å². The fraction of sp³-hybridized carbons (Fsp3) is 0.833. The third-order valence-electron chi connectivity index (χ3n) is 1.21. The lowest BCUT2D eigenvalue weighted by Crippen LogP contribution is -2.28. The molecule has 10 heavy (non-hydrogen) atoms. The van der Waals surface area contributed by atoms with Crippen LogP contribution in [0.2, 0.25) is 0 Å². The van der Waals surface area contributed by atoms with Gasteiger partial charge in [-0.25, -0.2) is 0 Å². The fourth-order valence-corrected chi connectivity index (χ4v) is 1.70. The lowest BCUT2D eigenvalue weighted by Gasteiger charge is -2.19. The van der Waals surface area contributed by atoms with Crippen LogP contribution in [0, 0.1) is 0 Å². The summed E-state index contributed by atoms with van der Waals surface area (Å²) in [5.41, 5.74) is 0. The number of nitrogens with one attached hydrogen (secondary N) is 1. The molecule has 0 aromatic carbocycles. The van der Waals surface area contributed by atoms with E-state index in [1.165, 1.54) is 11.9 Å². The van der Waals surface area contributed by atoms with Crippen LogP contribution in [0.4, 0.5) is 0 Å². The Bertz CT molecular complexity index is 102. The van der Waals surface area contributed by atoms with E-state index in [-0.39, 0.29) is 0 Å². The molecule has 0 heterocycles. The number of nitrogens with zero attached hydrogens (tertiary/aromatic N) is 1. The van der Waals surface area contributed by atoms with Crippen LogP contribution in [0.1, 0.15) is 13.8 Å². The zero-order chi connectivity index (χ0) is 7.98. The summed E-state index contributed by atoms with van der Waals surface area (Å²) in [7, 11) is 1.88. The van der Waals surface area contributed by atoms with Crippen molar-refractivity contribution in [1.82, 2.24) is 9.62 Å². The molecular formula is C6H14N2S2. The molecule has 0 aliphatic rings. The second-order valence-corrected chi connectivity index (χ2v) is 3.39. The predicted octanol–water partition coefficient (Wildman–Crippen LogP) is 1.48. The quantitative estimate of drug-likeness (QED) is 0.520. The molecule has 0 aliphatic carbocycles. The van der Waals surface area contributed by atoms with E-state index < -0.39 is 0 Å². The van der Waals surface area contributed by atoms with Crippen molar-refractivity contribution in [2.45, 2.75) is 13.8 Å². The van der Waals surface area contributed by atoms with Crippen molar-refractivity contribution in [3.05, 3.63) is 0 Å². The summed E-state index contributed by atoms with van der Waals surface area (Å²) in [5, 5.41) is 0. The Labute approximate surface area is 72.5 Å². The highest BCUT2D eigenvalue weighted by molar-refractivity contribution is 8.21. The fourth-order valence-electron chi connectivity index (χ4n) is 0.634. The van der Waals surface area contributed by atoms with E-state index >= 15 is 0 Å². The van der Waals surface area contributed by atoms with Crippen LogP contribution >= 0.6 is 24.2 Å². The van der Waals surface area contributed by atoms with Gasteiger partial charge in [0.15, 0.2) is 4.32 Å². The Morgan fingerprint density at radius 3 is 2.30 bits per heavy atom. The number of hydrogen-bond acceptors (Lipinski definition) is 3. The van der Waals surface area contributed by atoms with Gasteiger partial charge in [0, 0.05) is 13.1 Å². The summed E-state index contributed by atoms with van der Waals surface area (Å²) < 4.78 is 3.87. The van der Waals surface area contributed by atoms with Crippen molar-refractivity contribution < 1.29 is 0 Å². The number of thiocarbonyl (C=S) groups is 1. The first-order valence-corrected chi connectivity index (χ1v) is 4.61. The summed E-state index contributed by atoms with van der Waals surface area (Å²) >= 11 is 6.60. The molecule has 0 saturated carbocycles. The smallest absolute Gasteiger partial charge is 0.151 e. The van der Waals surface area contributed by atoms with Crippen LogP contribution in [0.5, 0.6) is 0 Å². The summed E-state index contributed by atoms with van der Waals surface area (Å²) in [6.07, 6.45) is 0. The van der Waals surface area contributed by atoms with Gasteiger partial charge >= 0.3 is 0 Å². The van der Waals surface area contributed by atoms with Crippen LogP contribution in [0.25, 0.3) is 0 Å².